The zero-order valence-corrected chi connectivity index (χ0v) is 10.6. The summed E-state index contributed by atoms with van der Waals surface area (Å²) in [5.74, 6) is 1.34. The monoisotopic (exact) mass is 237 g/mol. The van der Waals surface area contributed by atoms with E-state index in [2.05, 4.69) is 9.98 Å². The quantitative estimate of drug-likeness (QED) is 0.597. The van der Waals surface area contributed by atoms with Crippen LogP contribution in [0.15, 0.2) is 11.1 Å². The molecule has 0 aromatic carbocycles. The molecule has 1 aromatic heterocycles. The van der Waals surface area contributed by atoms with E-state index >= 15 is 0 Å². The van der Waals surface area contributed by atoms with Crippen molar-refractivity contribution in [3.05, 3.63) is 22.3 Å². The van der Waals surface area contributed by atoms with Crippen molar-refractivity contribution < 1.29 is 0 Å². The fourth-order valence-electron chi connectivity index (χ4n) is 1.47. The fourth-order valence-corrected chi connectivity index (χ4v) is 1.66. The van der Waals surface area contributed by atoms with Crippen LogP contribution in [0.3, 0.4) is 0 Å². The zero-order chi connectivity index (χ0) is 11.7. The van der Waals surface area contributed by atoms with E-state index in [4.69, 9.17) is 11.6 Å². The van der Waals surface area contributed by atoms with Gasteiger partial charge in [-0.05, 0) is 25.8 Å². The molecule has 0 amide bonds. The second-order valence-corrected chi connectivity index (χ2v) is 4.87. The van der Waals surface area contributed by atoms with E-state index in [9.17, 15) is 0 Å². The second kappa shape index (κ2) is 4.42. The molecule has 16 heavy (non-hydrogen) atoms. The first-order valence-corrected chi connectivity index (χ1v) is 5.83. The van der Waals surface area contributed by atoms with Gasteiger partial charge in [0.1, 0.15) is 0 Å². The number of aliphatic imine (C=N–C) groups is 1. The third-order valence-corrected chi connectivity index (χ3v) is 3.00. The fraction of sp³-hybridized carbons (Fsp3) is 0.500. The minimum absolute atomic E-state index is 0.603. The van der Waals surface area contributed by atoms with Crippen LogP contribution in [0.4, 0.5) is 5.82 Å². The predicted octanol–water partition coefficient (Wildman–Crippen LogP) is 3.14. The number of pyridine rings is 1. The number of nitrogens with zero attached hydrogens (tertiary/aromatic N) is 3. The summed E-state index contributed by atoms with van der Waals surface area (Å²) in [6, 6.07) is 1.98. The largest absolute Gasteiger partial charge is 0.369 e. The van der Waals surface area contributed by atoms with Crippen LogP contribution in [0.5, 0.6) is 0 Å². The Labute approximate surface area is 101 Å². The number of aromatic nitrogens is 1. The van der Waals surface area contributed by atoms with Gasteiger partial charge in [-0.25, -0.2) is 9.98 Å². The molecule has 1 saturated carbocycles. The highest BCUT2D eigenvalue weighted by Gasteiger charge is 2.26. The van der Waals surface area contributed by atoms with E-state index in [0.29, 0.717) is 5.92 Å². The average molecular weight is 238 g/mol. The van der Waals surface area contributed by atoms with Gasteiger partial charge in [0, 0.05) is 36.3 Å². The van der Waals surface area contributed by atoms with Gasteiger partial charge in [-0.3, -0.25) is 0 Å². The van der Waals surface area contributed by atoms with Gasteiger partial charge in [0.15, 0.2) is 5.82 Å². The predicted molar refractivity (Wildman–Crippen MR) is 67.8 cm³/mol. The van der Waals surface area contributed by atoms with E-state index < -0.39 is 0 Å². The van der Waals surface area contributed by atoms with Crippen LogP contribution in [0.1, 0.15) is 30.0 Å². The summed E-state index contributed by atoms with van der Waals surface area (Å²) in [7, 11) is 3.87. The topological polar surface area (TPSA) is 28.5 Å². The molecule has 0 N–H and O–H groups in total. The minimum Gasteiger partial charge on any atom is -0.369 e. The molecule has 1 fully saturated rings. The van der Waals surface area contributed by atoms with Crippen molar-refractivity contribution in [1.29, 1.82) is 0 Å². The second-order valence-electron chi connectivity index (χ2n) is 4.46. The Morgan fingerprint density at radius 2 is 2.19 bits per heavy atom. The van der Waals surface area contributed by atoms with Gasteiger partial charge in [0.05, 0.1) is 6.34 Å². The van der Waals surface area contributed by atoms with Gasteiger partial charge in [-0.2, -0.15) is 0 Å². The molecule has 0 radical (unpaired) electrons. The molecule has 0 bridgehead atoms. The lowest BCUT2D eigenvalue weighted by Gasteiger charge is -2.07. The van der Waals surface area contributed by atoms with E-state index in [1.54, 1.807) is 6.34 Å². The van der Waals surface area contributed by atoms with Crippen LogP contribution in [-0.4, -0.2) is 30.3 Å². The van der Waals surface area contributed by atoms with Crippen LogP contribution in [0, 0.1) is 6.92 Å². The highest BCUT2D eigenvalue weighted by molar-refractivity contribution is 6.31. The van der Waals surface area contributed by atoms with Crippen molar-refractivity contribution in [3.63, 3.8) is 0 Å². The number of halogens is 1. The van der Waals surface area contributed by atoms with Crippen LogP contribution >= 0.6 is 11.6 Å². The molecule has 86 valence electrons. The molecule has 1 aliphatic rings. The smallest absolute Gasteiger partial charge is 0.158 e. The summed E-state index contributed by atoms with van der Waals surface area (Å²) in [6.07, 6.45) is 4.20. The Bertz CT molecular complexity index is 423. The summed E-state index contributed by atoms with van der Waals surface area (Å²) in [4.78, 5) is 10.8. The first-order chi connectivity index (χ1) is 7.58. The van der Waals surface area contributed by atoms with Crippen molar-refractivity contribution in [2.45, 2.75) is 25.7 Å². The molecule has 4 heteroatoms. The van der Waals surface area contributed by atoms with Crippen LogP contribution in [0.25, 0.3) is 0 Å². The standard InChI is InChI=1S/C12H16ClN3/c1-8-10(13)6-11(9-4-5-9)15-12(8)14-7-16(2)3/h6-7,9H,4-5H2,1-3H3/b14-7+. The first kappa shape index (κ1) is 11.4. The molecule has 1 heterocycles. The van der Waals surface area contributed by atoms with Crippen LogP contribution in [0.2, 0.25) is 5.02 Å². The van der Waals surface area contributed by atoms with Gasteiger partial charge in [-0.1, -0.05) is 11.6 Å². The van der Waals surface area contributed by atoms with Gasteiger partial charge in [0.2, 0.25) is 0 Å². The molecular formula is C12H16ClN3. The molecule has 0 aliphatic heterocycles. The Morgan fingerprint density at radius 1 is 1.50 bits per heavy atom. The van der Waals surface area contributed by atoms with Crippen LogP contribution < -0.4 is 0 Å². The maximum atomic E-state index is 6.18. The highest BCUT2D eigenvalue weighted by atomic mass is 35.5. The Hall–Kier alpha value is -1.09. The SMILES string of the molecule is Cc1c(Cl)cc(C2CC2)nc1/N=C/N(C)C. The number of hydrogen-bond acceptors (Lipinski definition) is 2. The lowest BCUT2D eigenvalue weighted by atomic mass is 10.2. The van der Waals surface area contributed by atoms with Gasteiger partial charge in [-0.15, -0.1) is 0 Å². The molecule has 0 unspecified atom stereocenters. The Balaban J connectivity index is 2.34. The normalized spacial score (nSPS) is 15.8. The van der Waals surface area contributed by atoms with Crippen LogP contribution in [-0.2, 0) is 0 Å². The maximum Gasteiger partial charge on any atom is 0.158 e. The maximum absolute atomic E-state index is 6.18. The Morgan fingerprint density at radius 3 is 2.75 bits per heavy atom. The molecule has 0 saturated heterocycles. The van der Waals surface area contributed by atoms with E-state index in [1.807, 2.05) is 32.0 Å². The van der Waals surface area contributed by atoms with Crippen molar-refractivity contribution in [2.24, 2.45) is 4.99 Å². The van der Waals surface area contributed by atoms with Gasteiger partial charge >= 0.3 is 0 Å². The first-order valence-electron chi connectivity index (χ1n) is 5.45. The van der Waals surface area contributed by atoms with Crippen molar-refractivity contribution in [1.82, 2.24) is 9.88 Å². The van der Waals surface area contributed by atoms with Gasteiger partial charge in [0.25, 0.3) is 0 Å². The van der Waals surface area contributed by atoms with Crippen molar-refractivity contribution in [3.8, 4) is 0 Å². The van der Waals surface area contributed by atoms with E-state index in [0.717, 1.165) is 22.1 Å². The number of hydrogen-bond donors (Lipinski definition) is 0. The summed E-state index contributed by atoms with van der Waals surface area (Å²) in [6.45, 7) is 1.95. The molecular weight excluding hydrogens is 222 g/mol. The summed E-state index contributed by atoms with van der Waals surface area (Å²) < 4.78 is 0. The molecule has 0 spiro atoms. The minimum atomic E-state index is 0.603. The third-order valence-electron chi connectivity index (χ3n) is 2.61. The lowest BCUT2D eigenvalue weighted by molar-refractivity contribution is 0.643. The summed E-state index contributed by atoms with van der Waals surface area (Å²) >= 11 is 6.18. The lowest BCUT2D eigenvalue weighted by Crippen LogP contribution is -2.07. The molecule has 2 rings (SSSR count). The highest BCUT2D eigenvalue weighted by Crippen LogP contribution is 2.41. The zero-order valence-electron chi connectivity index (χ0n) is 9.87. The molecule has 1 aromatic rings. The van der Waals surface area contributed by atoms with Crippen molar-refractivity contribution in [2.75, 3.05) is 14.1 Å². The summed E-state index contributed by atoms with van der Waals surface area (Å²) in [5, 5.41) is 0.766. The Kier molecular flexibility index (Phi) is 3.15. The molecule has 3 nitrogen and oxygen atoms in total. The van der Waals surface area contributed by atoms with E-state index in [1.165, 1.54) is 12.8 Å². The molecule has 1 aliphatic carbocycles. The van der Waals surface area contributed by atoms with E-state index in [-0.39, 0.29) is 0 Å². The van der Waals surface area contributed by atoms with Crippen molar-refractivity contribution >= 4 is 23.8 Å². The van der Waals surface area contributed by atoms with Gasteiger partial charge < -0.3 is 4.90 Å². The third kappa shape index (κ3) is 2.53. The molecule has 0 atom stereocenters. The average Bonchev–Trinajstić information content (AvgIpc) is 3.03. The number of rotatable bonds is 3. The summed E-state index contributed by atoms with van der Waals surface area (Å²) in [5.41, 5.74) is 2.03.